The minimum Gasteiger partial charge on any atom is -0.497 e. The Balaban J connectivity index is 1.96. The Bertz CT molecular complexity index is 589. The normalized spacial score (nSPS) is 10.1. The minimum absolute atomic E-state index is 0.127. The first-order valence-electron chi connectivity index (χ1n) is 5.15. The molecule has 1 aromatic heterocycles. The highest BCUT2D eigenvalue weighted by molar-refractivity contribution is 7.73. The quantitative estimate of drug-likeness (QED) is 0.844. The smallest absolute Gasteiger partial charge is 0.230 e. The van der Waals surface area contributed by atoms with Gasteiger partial charge in [0.25, 0.3) is 0 Å². The highest BCUT2D eigenvalue weighted by Crippen LogP contribution is 2.14. The van der Waals surface area contributed by atoms with E-state index in [1.807, 2.05) is 24.3 Å². The van der Waals surface area contributed by atoms with E-state index in [-0.39, 0.29) is 12.3 Å². The lowest BCUT2D eigenvalue weighted by molar-refractivity contribution is -0.115. The van der Waals surface area contributed by atoms with Crippen molar-refractivity contribution in [2.24, 2.45) is 0 Å². The molecule has 5 nitrogen and oxygen atoms in total. The van der Waals surface area contributed by atoms with E-state index in [4.69, 9.17) is 17.0 Å². The van der Waals surface area contributed by atoms with E-state index in [2.05, 4.69) is 15.5 Å². The van der Waals surface area contributed by atoms with Gasteiger partial charge in [-0.3, -0.25) is 9.89 Å². The molecule has 0 spiro atoms. The van der Waals surface area contributed by atoms with Crippen molar-refractivity contribution in [3.63, 3.8) is 0 Å². The van der Waals surface area contributed by atoms with Gasteiger partial charge in [0.1, 0.15) is 5.75 Å². The number of ether oxygens (including phenoxy) is 1. The molecule has 0 bridgehead atoms. The van der Waals surface area contributed by atoms with Crippen molar-refractivity contribution in [2.75, 3.05) is 12.4 Å². The van der Waals surface area contributed by atoms with Crippen LogP contribution in [-0.2, 0) is 11.2 Å². The van der Waals surface area contributed by atoms with E-state index < -0.39 is 0 Å². The molecule has 0 aliphatic heterocycles. The lowest BCUT2D eigenvalue weighted by Gasteiger charge is -2.03. The number of hydrogen-bond donors (Lipinski definition) is 2. The maximum Gasteiger partial charge on any atom is 0.230 e. The number of H-pyrrole nitrogens is 1. The molecule has 0 saturated heterocycles. The van der Waals surface area contributed by atoms with Crippen LogP contribution in [0.25, 0.3) is 0 Å². The lowest BCUT2D eigenvalue weighted by atomic mass is 10.1. The molecule has 0 aliphatic rings. The van der Waals surface area contributed by atoms with Crippen molar-refractivity contribution in [1.82, 2.24) is 10.2 Å². The van der Waals surface area contributed by atoms with Crippen LogP contribution in [0.2, 0.25) is 0 Å². The highest BCUT2D eigenvalue weighted by Gasteiger charge is 2.06. The number of amides is 1. The number of methoxy groups -OCH3 is 1. The van der Waals surface area contributed by atoms with Crippen molar-refractivity contribution >= 4 is 34.6 Å². The number of aromatic amines is 1. The van der Waals surface area contributed by atoms with Crippen LogP contribution in [-0.4, -0.2) is 23.2 Å². The predicted molar refractivity (Wildman–Crippen MR) is 72.6 cm³/mol. The average Bonchev–Trinajstić information content (AvgIpc) is 2.75. The first-order valence-corrected chi connectivity index (χ1v) is 6.38. The van der Waals surface area contributed by atoms with E-state index in [0.29, 0.717) is 9.09 Å². The zero-order valence-electron chi connectivity index (χ0n) is 9.60. The van der Waals surface area contributed by atoms with E-state index in [1.165, 1.54) is 11.3 Å². The molecule has 0 unspecified atom stereocenters. The van der Waals surface area contributed by atoms with Crippen LogP contribution in [0.1, 0.15) is 5.56 Å². The summed E-state index contributed by atoms with van der Waals surface area (Å²) in [6.07, 6.45) is 0.288. The second kappa shape index (κ2) is 5.74. The van der Waals surface area contributed by atoms with Crippen LogP contribution in [0.5, 0.6) is 5.75 Å². The van der Waals surface area contributed by atoms with Crippen LogP contribution >= 0.6 is 23.6 Å². The molecule has 0 atom stereocenters. The number of carbonyl (C=O) groups is 1. The number of carbonyl (C=O) groups excluding carboxylic acids is 1. The van der Waals surface area contributed by atoms with Crippen LogP contribution in [0.3, 0.4) is 0 Å². The van der Waals surface area contributed by atoms with Crippen molar-refractivity contribution in [2.45, 2.75) is 6.42 Å². The van der Waals surface area contributed by atoms with Crippen molar-refractivity contribution < 1.29 is 9.53 Å². The van der Waals surface area contributed by atoms with Crippen molar-refractivity contribution in [1.29, 1.82) is 0 Å². The zero-order chi connectivity index (χ0) is 13.0. The van der Waals surface area contributed by atoms with Gasteiger partial charge >= 0.3 is 0 Å². The van der Waals surface area contributed by atoms with E-state index in [9.17, 15) is 4.79 Å². The largest absolute Gasteiger partial charge is 0.497 e. The SMILES string of the molecule is COc1ccc(CC(=O)Nc2n[nH]c(=S)s2)cc1. The first-order chi connectivity index (χ1) is 8.67. The maximum atomic E-state index is 11.7. The van der Waals surface area contributed by atoms with Crippen LogP contribution in [0.4, 0.5) is 5.13 Å². The Hall–Kier alpha value is -1.73. The number of rotatable bonds is 4. The molecule has 2 aromatic rings. The Morgan fingerprint density at radius 1 is 1.50 bits per heavy atom. The molecule has 0 aliphatic carbocycles. The molecule has 2 N–H and O–H groups in total. The molecule has 0 saturated carbocycles. The molecular formula is C11H11N3O2S2. The van der Waals surface area contributed by atoms with Gasteiger partial charge in [-0.05, 0) is 29.9 Å². The molecule has 18 heavy (non-hydrogen) atoms. The van der Waals surface area contributed by atoms with E-state index >= 15 is 0 Å². The summed E-state index contributed by atoms with van der Waals surface area (Å²) in [6.45, 7) is 0. The zero-order valence-corrected chi connectivity index (χ0v) is 11.2. The van der Waals surface area contributed by atoms with Gasteiger partial charge < -0.3 is 10.1 Å². The second-order valence-electron chi connectivity index (χ2n) is 3.49. The van der Waals surface area contributed by atoms with Gasteiger partial charge in [-0.2, -0.15) is 0 Å². The third-order valence-electron chi connectivity index (χ3n) is 2.21. The minimum atomic E-state index is -0.127. The molecule has 1 heterocycles. The van der Waals surface area contributed by atoms with Crippen LogP contribution in [0, 0.1) is 3.95 Å². The molecule has 0 fully saturated rings. The molecule has 1 aromatic carbocycles. The first kappa shape index (κ1) is 12.7. The monoisotopic (exact) mass is 281 g/mol. The molecule has 94 valence electrons. The summed E-state index contributed by atoms with van der Waals surface area (Å²) in [5.41, 5.74) is 0.910. The predicted octanol–water partition coefficient (Wildman–Crippen LogP) is 2.39. The standard InChI is InChI=1S/C11H11N3O2S2/c1-16-8-4-2-7(3-5-8)6-9(15)12-10-13-14-11(17)18-10/h2-5H,6H2,1H3,(H,14,17)(H,12,13,15). The fourth-order valence-corrected chi connectivity index (χ4v) is 2.18. The lowest BCUT2D eigenvalue weighted by Crippen LogP contribution is -2.14. The Labute approximate surface area is 113 Å². The number of nitrogens with zero attached hydrogens (tertiary/aromatic N) is 1. The fourth-order valence-electron chi connectivity index (χ4n) is 1.38. The Morgan fingerprint density at radius 3 is 2.78 bits per heavy atom. The number of benzene rings is 1. The van der Waals surface area contributed by atoms with Gasteiger partial charge in [-0.25, -0.2) is 0 Å². The number of hydrogen-bond acceptors (Lipinski definition) is 5. The Kier molecular flexibility index (Phi) is 4.06. The van der Waals surface area contributed by atoms with E-state index in [0.717, 1.165) is 11.3 Å². The van der Waals surface area contributed by atoms with Gasteiger partial charge in [0.05, 0.1) is 13.5 Å². The third-order valence-corrected chi connectivity index (χ3v) is 3.21. The summed E-state index contributed by atoms with van der Waals surface area (Å²) in [5, 5.41) is 9.63. The van der Waals surface area contributed by atoms with Crippen LogP contribution < -0.4 is 10.1 Å². The third kappa shape index (κ3) is 3.38. The summed E-state index contributed by atoms with van der Waals surface area (Å²) in [7, 11) is 1.60. The average molecular weight is 281 g/mol. The van der Waals surface area contributed by atoms with Gasteiger partial charge in [0.2, 0.25) is 11.0 Å². The molecule has 0 radical (unpaired) electrons. The second-order valence-corrected chi connectivity index (χ2v) is 5.16. The van der Waals surface area contributed by atoms with Gasteiger partial charge in [0, 0.05) is 0 Å². The van der Waals surface area contributed by atoms with Crippen LogP contribution in [0.15, 0.2) is 24.3 Å². The van der Waals surface area contributed by atoms with Crippen molar-refractivity contribution in [3.8, 4) is 5.75 Å². The number of aromatic nitrogens is 2. The fraction of sp³-hybridized carbons (Fsp3) is 0.182. The van der Waals surface area contributed by atoms with E-state index in [1.54, 1.807) is 7.11 Å². The summed E-state index contributed by atoms with van der Waals surface area (Å²) in [5.74, 6) is 0.641. The summed E-state index contributed by atoms with van der Waals surface area (Å²) in [6, 6.07) is 7.35. The number of nitrogens with one attached hydrogen (secondary N) is 2. The molecule has 1 amide bonds. The van der Waals surface area contributed by atoms with Crippen molar-refractivity contribution in [3.05, 3.63) is 33.8 Å². The Morgan fingerprint density at radius 2 is 2.22 bits per heavy atom. The maximum absolute atomic E-state index is 11.7. The molecular weight excluding hydrogens is 270 g/mol. The topological polar surface area (TPSA) is 67.0 Å². The molecule has 2 rings (SSSR count). The number of anilines is 1. The molecule has 7 heteroatoms. The van der Waals surface area contributed by atoms with Gasteiger partial charge in [-0.1, -0.05) is 23.5 Å². The summed E-state index contributed by atoms with van der Waals surface area (Å²) < 4.78 is 5.58. The van der Waals surface area contributed by atoms with Gasteiger partial charge in [0.15, 0.2) is 3.95 Å². The highest BCUT2D eigenvalue weighted by atomic mass is 32.1. The summed E-state index contributed by atoms with van der Waals surface area (Å²) >= 11 is 6.11. The summed E-state index contributed by atoms with van der Waals surface area (Å²) in [4.78, 5) is 11.7. The van der Waals surface area contributed by atoms with Gasteiger partial charge in [-0.15, -0.1) is 5.10 Å².